The fourth-order valence-electron chi connectivity index (χ4n) is 4.33. The van der Waals surface area contributed by atoms with Gasteiger partial charge in [-0.15, -0.1) is 0 Å². The topological polar surface area (TPSA) is 258 Å². The summed E-state index contributed by atoms with van der Waals surface area (Å²) in [6.45, 7) is -2.15. The zero-order chi connectivity index (χ0) is 26.0. The molecule has 206 valence electrons. The molecule has 3 aliphatic heterocycles. The van der Waals surface area contributed by atoms with E-state index < -0.39 is 112 Å². The van der Waals surface area contributed by atoms with E-state index in [1.807, 2.05) is 0 Å². The van der Waals surface area contributed by atoms with Crippen LogP contribution >= 0.6 is 0 Å². The second-order valence-corrected chi connectivity index (χ2v) is 8.54. The number of aliphatic hydroxyl groups is 10. The number of hydrogen-bond acceptors (Lipinski definition) is 16. The SMILES string of the molecule is CO[C@@H]1C(CO)O[C@@H](O[C@@H]2C(CO)O[C@@H](O[C@@H]3C(CO)O[C@@H](O)C(O)[C@H]3O)C(O)[C@H]2O)C(O)[C@H]1O. The predicted molar refractivity (Wildman–Crippen MR) is 106 cm³/mol. The first kappa shape index (κ1) is 28.9. The minimum absolute atomic E-state index is 0.605. The van der Waals surface area contributed by atoms with Crippen molar-refractivity contribution < 1.29 is 79.5 Å². The molecule has 0 aliphatic carbocycles. The lowest BCUT2D eigenvalue weighted by atomic mass is 9.96. The highest BCUT2D eigenvalue weighted by Gasteiger charge is 2.53. The van der Waals surface area contributed by atoms with Crippen molar-refractivity contribution in [1.29, 1.82) is 0 Å². The molecule has 0 aromatic carbocycles. The van der Waals surface area contributed by atoms with Gasteiger partial charge in [0.2, 0.25) is 0 Å². The quantitative estimate of drug-likeness (QED) is 0.143. The number of methoxy groups -OCH3 is 1. The molecular weight excluding hydrogens is 484 g/mol. The van der Waals surface area contributed by atoms with Gasteiger partial charge in [0.15, 0.2) is 18.9 Å². The average Bonchev–Trinajstić information content (AvgIpc) is 2.85. The van der Waals surface area contributed by atoms with Gasteiger partial charge in [0, 0.05) is 7.11 Å². The van der Waals surface area contributed by atoms with Gasteiger partial charge < -0.3 is 79.5 Å². The van der Waals surface area contributed by atoms with Crippen LogP contribution in [0, 0.1) is 0 Å². The van der Waals surface area contributed by atoms with Gasteiger partial charge in [-0.25, -0.2) is 0 Å². The molecule has 10 N–H and O–H groups in total. The molecule has 35 heavy (non-hydrogen) atoms. The Morgan fingerprint density at radius 1 is 0.514 bits per heavy atom. The van der Waals surface area contributed by atoms with E-state index in [4.69, 9.17) is 28.4 Å². The van der Waals surface area contributed by atoms with E-state index in [1.165, 1.54) is 7.11 Å². The van der Waals surface area contributed by atoms with Crippen LogP contribution in [0.25, 0.3) is 0 Å². The van der Waals surface area contributed by atoms with E-state index in [-0.39, 0.29) is 0 Å². The molecule has 15 atom stereocenters. The fourth-order valence-corrected chi connectivity index (χ4v) is 4.33. The minimum Gasteiger partial charge on any atom is -0.394 e. The molecule has 3 aliphatic rings. The summed E-state index contributed by atoms with van der Waals surface area (Å²) >= 11 is 0. The van der Waals surface area contributed by atoms with Crippen molar-refractivity contribution in [2.75, 3.05) is 26.9 Å². The van der Waals surface area contributed by atoms with Crippen molar-refractivity contribution in [2.45, 2.75) is 92.1 Å². The molecular formula is C19H34O16. The van der Waals surface area contributed by atoms with Crippen LogP contribution in [0.3, 0.4) is 0 Å². The summed E-state index contributed by atoms with van der Waals surface area (Å²) < 4.78 is 31.8. The van der Waals surface area contributed by atoms with Crippen molar-refractivity contribution in [3.05, 3.63) is 0 Å². The lowest BCUT2D eigenvalue weighted by Gasteiger charge is -2.48. The largest absolute Gasteiger partial charge is 0.394 e. The van der Waals surface area contributed by atoms with Crippen LogP contribution < -0.4 is 0 Å². The van der Waals surface area contributed by atoms with E-state index in [0.717, 1.165) is 0 Å². The van der Waals surface area contributed by atoms with Gasteiger partial charge in [-0.3, -0.25) is 0 Å². The second-order valence-electron chi connectivity index (χ2n) is 8.54. The van der Waals surface area contributed by atoms with Crippen molar-refractivity contribution >= 4 is 0 Å². The third-order valence-electron chi connectivity index (χ3n) is 6.34. The van der Waals surface area contributed by atoms with Gasteiger partial charge >= 0.3 is 0 Å². The van der Waals surface area contributed by atoms with E-state index in [2.05, 4.69) is 0 Å². The number of rotatable bonds is 8. The van der Waals surface area contributed by atoms with E-state index in [0.29, 0.717) is 0 Å². The highest BCUT2D eigenvalue weighted by molar-refractivity contribution is 4.96. The van der Waals surface area contributed by atoms with Crippen molar-refractivity contribution in [2.24, 2.45) is 0 Å². The van der Waals surface area contributed by atoms with Crippen LogP contribution in [-0.2, 0) is 28.4 Å². The predicted octanol–water partition coefficient (Wildman–Crippen LogP) is -6.92. The lowest BCUT2D eigenvalue weighted by molar-refractivity contribution is -0.378. The number of ether oxygens (including phenoxy) is 6. The molecule has 0 radical (unpaired) electrons. The van der Waals surface area contributed by atoms with Gasteiger partial charge in [0.05, 0.1) is 19.8 Å². The number of hydrogen-bond donors (Lipinski definition) is 10. The molecule has 0 aromatic rings. The van der Waals surface area contributed by atoms with Crippen molar-refractivity contribution in [3.8, 4) is 0 Å². The monoisotopic (exact) mass is 518 g/mol. The summed E-state index contributed by atoms with van der Waals surface area (Å²) in [4.78, 5) is 0. The first-order valence-electron chi connectivity index (χ1n) is 11.0. The molecule has 3 fully saturated rings. The molecule has 0 bridgehead atoms. The summed E-state index contributed by atoms with van der Waals surface area (Å²) in [5, 5.41) is 100. The minimum atomic E-state index is -1.88. The Kier molecular flexibility index (Phi) is 10.1. The summed E-state index contributed by atoms with van der Waals surface area (Å²) in [5.74, 6) is 0. The van der Waals surface area contributed by atoms with Gasteiger partial charge in [0.25, 0.3) is 0 Å². The summed E-state index contributed by atoms with van der Waals surface area (Å²) in [7, 11) is 1.24. The van der Waals surface area contributed by atoms with Crippen molar-refractivity contribution in [3.63, 3.8) is 0 Å². The van der Waals surface area contributed by atoms with Crippen LogP contribution in [0.1, 0.15) is 0 Å². The first-order valence-corrected chi connectivity index (χ1v) is 11.0. The smallest absolute Gasteiger partial charge is 0.187 e. The summed E-state index contributed by atoms with van der Waals surface area (Å²) in [6, 6.07) is 0. The Bertz CT molecular complexity index is 650. The number of aliphatic hydroxyl groups excluding tert-OH is 10. The van der Waals surface area contributed by atoms with Crippen LogP contribution in [0.15, 0.2) is 0 Å². The molecule has 16 nitrogen and oxygen atoms in total. The molecule has 0 amide bonds. The fraction of sp³-hybridized carbons (Fsp3) is 1.00. The molecule has 16 heteroatoms. The molecule has 3 heterocycles. The molecule has 6 unspecified atom stereocenters. The molecule has 3 rings (SSSR count). The maximum Gasteiger partial charge on any atom is 0.187 e. The zero-order valence-electron chi connectivity index (χ0n) is 18.7. The second kappa shape index (κ2) is 12.3. The Labute approximate surface area is 199 Å². The lowest BCUT2D eigenvalue weighted by Crippen LogP contribution is -2.66. The Hall–Kier alpha value is -0.640. The highest BCUT2D eigenvalue weighted by atomic mass is 16.8. The van der Waals surface area contributed by atoms with Gasteiger partial charge in [-0.2, -0.15) is 0 Å². The molecule has 3 saturated heterocycles. The van der Waals surface area contributed by atoms with E-state index >= 15 is 0 Å². The van der Waals surface area contributed by atoms with Gasteiger partial charge in [-0.05, 0) is 0 Å². The van der Waals surface area contributed by atoms with E-state index in [9.17, 15) is 51.1 Å². The molecule has 0 aromatic heterocycles. The van der Waals surface area contributed by atoms with Gasteiger partial charge in [0.1, 0.15) is 73.2 Å². The van der Waals surface area contributed by atoms with Crippen LogP contribution in [-0.4, -0.2) is 170 Å². The van der Waals surface area contributed by atoms with Crippen LogP contribution in [0.4, 0.5) is 0 Å². The zero-order valence-corrected chi connectivity index (χ0v) is 18.7. The average molecular weight is 518 g/mol. The van der Waals surface area contributed by atoms with Crippen molar-refractivity contribution in [1.82, 2.24) is 0 Å². The maximum atomic E-state index is 10.7. The Morgan fingerprint density at radius 2 is 0.886 bits per heavy atom. The maximum absolute atomic E-state index is 10.7. The summed E-state index contributed by atoms with van der Waals surface area (Å²) in [6.07, 6.45) is -23.7. The first-order chi connectivity index (χ1) is 16.6. The van der Waals surface area contributed by atoms with E-state index in [1.54, 1.807) is 0 Å². The standard InChI is InChI=1S/C19H34O16/c1-30-14-5(2-20)32-18(12(27)9(14)24)35-16-7(4-22)33-19(13(28)10(16)25)34-15-6(3-21)31-17(29)11(26)8(15)23/h5-29H,2-4H2,1H3/t5?,6?,7?,8-,9-,10-,11?,12?,13?,14-,15-,16-,17-,18+,19+/m1/s1. The van der Waals surface area contributed by atoms with Crippen LogP contribution in [0.2, 0.25) is 0 Å². The molecule has 0 spiro atoms. The normalized spacial score (nSPS) is 51.3. The molecule has 0 saturated carbocycles. The van der Waals surface area contributed by atoms with Gasteiger partial charge in [-0.1, -0.05) is 0 Å². The van der Waals surface area contributed by atoms with Crippen LogP contribution in [0.5, 0.6) is 0 Å². The Morgan fingerprint density at radius 3 is 1.31 bits per heavy atom. The third-order valence-corrected chi connectivity index (χ3v) is 6.34. The Balaban J connectivity index is 1.72. The third kappa shape index (κ3) is 5.78. The summed E-state index contributed by atoms with van der Waals surface area (Å²) in [5.41, 5.74) is 0. The highest BCUT2D eigenvalue weighted by Crippen LogP contribution is 2.32.